The van der Waals surface area contributed by atoms with Crippen LogP contribution in [0.5, 0.6) is 0 Å². The lowest BCUT2D eigenvalue weighted by atomic mass is 9.97. The van der Waals surface area contributed by atoms with E-state index >= 15 is 0 Å². The van der Waals surface area contributed by atoms with E-state index in [1.807, 2.05) is 18.3 Å². The van der Waals surface area contributed by atoms with Gasteiger partial charge in [-0.25, -0.2) is 0 Å². The molecule has 1 N–H and O–H groups in total. The van der Waals surface area contributed by atoms with Crippen LogP contribution in [0.3, 0.4) is 0 Å². The van der Waals surface area contributed by atoms with Crippen LogP contribution in [-0.2, 0) is 4.74 Å². The summed E-state index contributed by atoms with van der Waals surface area (Å²) in [6.45, 7) is 7.80. The summed E-state index contributed by atoms with van der Waals surface area (Å²) in [4.78, 5) is 6.86. The number of hydrogen-bond acceptors (Lipinski definition) is 3. The first-order valence-electron chi connectivity index (χ1n) is 10.2. The molecule has 0 unspecified atom stereocenters. The summed E-state index contributed by atoms with van der Waals surface area (Å²) in [5, 5.41) is 4.25. The highest BCUT2D eigenvalue weighted by atomic mass is 32.1. The number of benzene rings is 1. The van der Waals surface area contributed by atoms with E-state index in [1.165, 1.54) is 28.2 Å². The normalized spacial score (nSPS) is 18.7. The number of hydrogen-bond donors (Lipinski definition) is 1. The highest BCUT2D eigenvalue weighted by Gasteiger charge is 2.41. The Morgan fingerprint density at radius 3 is 2.53 bits per heavy atom. The minimum absolute atomic E-state index is 0.0116. The molecule has 4 rings (SSSR count). The fraction of sp³-hybridized carbons (Fsp3) is 0.333. The van der Waals surface area contributed by atoms with Crippen LogP contribution >= 0.6 is 12.2 Å². The number of pyridine rings is 1. The summed E-state index contributed by atoms with van der Waals surface area (Å²) in [5.41, 5.74) is 7.10. The first-order chi connectivity index (χ1) is 14.5. The third-order valence-electron chi connectivity index (χ3n) is 5.82. The van der Waals surface area contributed by atoms with E-state index in [2.05, 4.69) is 76.9 Å². The lowest BCUT2D eigenvalue weighted by molar-refractivity contribution is 0.164. The van der Waals surface area contributed by atoms with Gasteiger partial charge in [-0.2, -0.15) is 0 Å². The van der Waals surface area contributed by atoms with Crippen molar-refractivity contribution in [3.05, 3.63) is 82.9 Å². The van der Waals surface area contributed by atoms with Gasteiger partial charge in [0.15, 0.2) is 5.11 Å². The van der Waals surface area contributed by atoms with Gasteiger partial charge in [0.25, 0.3) is 0 Å². The molecule has 0 radical (unpaired) electrons. The average molecular weight is 421 g/mol. The van der Waals surface area contributed by atoms with E-state index in [0.717, 1.165) is 17.4 Å². The maximum Gasteiger partial charge on any atom is 0.170 e. The number of ether oxygens (including phenoxy) is 1. The minimum Gasteiger partial charge on any atom is -0.383 e. The number of rotatable bonds is 6. The van der Waals surface area contributed by atoms with E-state index in [0.29, 0.717) is 6.61 Å². The first-order valence-corrected chi connectivity index (χ1v) is 10.6. The standard InChI is InChI=1S/C24H28N4OS/c1-16-8-10-19(11-9-16)28-17(2)15-20(18(28)3)23-22(21-7-5-6-12-25-21)26-24(30)27(23)13-14-29-4/h5-12,15,22-23H,13-14H2,1-4H3,(H,26,30)/t22-,23+/m0/s1. The molecule has 5 nitrogen and oxygen atoms in total. The Morgan fingerprint density at radius 2 is 1.87 bits per heavy atom. The lowest BCUT2D eigenvalue weighted by Gasteiger charge is -2.28. The van der Waals surface area contributed by atoms with E-state index < -0.39 is 0 Å². The maximum absolute atomic E-state index is 5.72. The minimum atomic E-state index is -0.0116. The van der Waals surface area contributed by atoms with Gasteiger partial charge in [0.05, 0.1) is 24.4 Å². The van der Waals surface area contributed by atoms with Gasteiger partial charge >= 0.3 is 0 Å². The SMILES string of the molecule is COCCN1C(=S)N[C@@H](c2ccccn2)[C@H]1c1cc(C)n(-c2ccc(C)cc2)c1C. The number of thiocarbonyl (C=S) groups is 1. The molecule has 0 bridgehead atoms. The smallest absolute Gasteiger partial charge is 0.170 e. The quantitative estimate of drug-likeness (QED) is 0.598. The third kappa shape index (κ3) is 3.73. The molecule has 3 aromatic rings. The van der Waals surface area contributed by atoms with Crippen molar-refractivity contribution in [2.24, 2.45) is 0 Å². The monoisotopic (exact) mass is 420 g/mol. The topological polar surface area (TPSA) is 42.3 Å². The van der Waals surface area contributed by atoms with Crippen LogP contribution in [0.2, 0.25) is 0 Å². The summed E-state index contributed by atoms with van der Waals surface area (Å²) in [7, 11) is 1.72. The molecule has 1 aliphatic rings. The Kier molecular flexibility index (Phi) is 5.88. The predicted molar refractivity (Wildman–Crippen MR) is 124 cm³/mol. The largest absolute Gasteiger partial charge is 0.383 e. The predicted octanol–water partition coefficient (Wildman–Crippen LogP) is 4.42. The van der Waals surface area contributed by atoms with Crippen molar-refractivity contribution in [1.29, 1.82) is 0 Å². The van der Waals surface area contributed by atoms with Crippen molar-refractivity contribution in [1.82, 2.24) is 19.8 Å². The molecule has 2 atom stereocenters. The summed E-state index contributed by atoms with van der Waals surface area (Å²) < 4.78 is 7.69. The molecule has 0 spiro atoms. The number of aromatic nitrogens is 2. The zero-order chi connectivity index (χ0) is 21.3. The molecule has 6 heteroatoms. The van der Waals surface area contributed by atoms with Crippen molar-refractivity contribution < 1.29 is 4.74 Å². The van der Waals surface area contributed by atoms with Gasteiger partial charge in [-0.3, -0.25) is 4.98 Å². The molecule has 3 heterocycles. The fourth-order valence-electron chi connectivity index (χ4n) is 4.35. The highest BCUT2D eigenvalue weighted by Crippen LogP contribution is 2.41. The first kappa shape index (κ1) is 20.6. The van der Waals surface area contributed by atoms with Crippen LogP contribution in [0.25, 0.3) is 5.69 Å². The fourth-order valence-corrected chi connectivity index (χ4v) is 4.68. The molecule has 0 saturated carbocycles. The molecule has 2 aromatic heterocycles. The second-order valence-corrected chi connectivity index (χ2v) is 8.20. The Balaban J connectivity index is 1.81. The molecule has 1 saturated heterocycles. The Labute approximate surface area is 183 Å². The summed E-state index contributed by atoms with van der Waals surface area (Å²) in [5.74, 6) is 0. The van der Waals surface area contributed by atoms with E-state index in [9.17, 15) is 0 Å². The molecular weight excluding hydrogens is 392 g/mol. The maximum atomic E-state index is 5.72. The van der Waals surface area contributed by atoms with Gasteiger partial charge < -0.3 is 19.5 Å². The van der Waals surface area contributed by atoms with Crippen molar-refractivity contribution in [3.8, 4) is 5.69 Å². The number of methoxy groups -OCH3 is 1. The third-order valence-corrected chi connectivity index (χ3v) is 6.17. The van der Waals surface area contributed by atoms with Gasteiger partial charge in [0, 0.05) is 36.9 Å². The van der Waals surface area contributed by atoms with Crippen LogP contribution in [0.4, 0.5) is 0 Å². The number of nitrogens with one attached hydrogen (secondary N) is 1. The van der Waals surface area contributed by atoms with Crippen LogP contribution < -0.4 is 5.32 Å². The summed E-state index contributed by atoms with van der Waals surface area (Å²) in [6.07, 6.45) is 1.84. The second-order valence-electron chi connectivity index (χ2n) is 7.81. The summed E-state index contributed by atoms with van der Waals surface area (Å²) >= 11 is 5.72. The van der Waals surface area contributed by atoms with Gasteiger partial charge in [0.1, 0.15) is 0 Å². The zero-order valence-electron chi connectivity index (χ0n) is 17.9. The van der Waals surface area contributed by atoms with Gasteiger partial charge in [-0.05, 0) is 68.9 Å². The Hall–Kier alpha value is -2.70. The molecule has 1 aliphatic heterocycles. The van der Waals surface area contributed by atoms with Crippen LogP contribution in [-0.4, -0.2) is 39.8 Å². The second kappa shape index (κ2) is 8.58. The molecule has 0 amide bonds. The number of nitrogens with zero attached hydrogens (tertiary/aromatic N) is 3. The van der Waals surface area contributed by atoms with Crippen molar-refractivity contribution in [2.45, 2.75) is 32.9 Å². The average Bonchev–Trinajstić information content (AvgIpc) is 3.23. The zero-order valence-corrected chi connectivity index (χ0v) is 18.7. The van der Waals surface area contributed by atoms with Crippen molar-refractivity contribution >= 4 is 17.3 Å². The Bertz CT molecular complexity index is 1030. The molecule has 156 valence electrons. The van der Waals surface area contributed by atoms with E-state index in [1.54, 1.807) is 7.11 Å². The molecule has 0 aliphatic carbocycles. The van der Waals surface area contributed by atoms with Crippen LogP contribution in [0.15, 0.2) is 54.7 Å². The molecular formula is C24H28N4OS. The molecule has 1 aromatic carbocycles. The van der Waals surface area contributed by atoms with E-state index in [-0.39, 0.29) is 12.1 Å². The van der Waals surface area contributed by atoms with E-state index in [4.69, 9.17) is 17.0 Å². The van der Waals surface area contributed by atoms with Crippen molar-refractivity contribution in [2.75, 3.05) is 20.3 Å². The van der Waals surface area contributed by atoms with Crippen molar-refractivity contribution in [3.63, 3.8) is 0 Å². The van der Waals surface area contributed by atoms with Gasteiger partial charge in [-0.1, -0.05) is 23.8 Å². The highest BCUT2D eigenvalue weighted by molar-refractivity contribution is 7.80. The molecule has 30 heavy (non-hydrogen) atoms. The molecule has 1 fully saturated rings. The van der Waals surface area contributed by atoms with Gasteiger partial charge in [-0.15, -0.1) is 0 Å². The Morgan fingerprint density at radius 1 is 1.10 bits per heavy atom. The van der Waals surface area contributed by atoms with Crippen LogP contribution in [0.1, 0.15) is 40.3 Å². The van der Waals surface area contributed by atoms with Crippen LogP contribution in [0, 0.1) is 20.8 Å². The lowest BCUT2D eigenvalue weighted by Crippen LogP contribution is -2.32. The van der Waals surface area contributed by atoms with Gasteiger partial charge in [0.2, 0.25) is 0 Å². The number of aryl methyl sites for hydroxylation is 2. The summed E-state index contributed by atoms with van der Waals surface area (Å²) in [6, 6.07) is 17.0.